The summed E-state index contributed by atoms with van der Waals surface area (Å²) in [4.78, 5) is 0. The minimum absolute atomic E-state index is 0.264. The monoisotopic (exact) mass is 330 g/mol. The van der Waals surface area contributed by atoms with Crippen molar-refractivity contribution in [3.8, 4) is 6.07 Å². The average molecular weight is 331 g/mol. The third kappa shape index (κ3) is 3.55. The van der Waals surface area contributed by atoms with Gasteiger partial charge >= 0.3 is 0 Å². The number of hydrogen-bond acceptors (Lipinski definition) is 3. The van der Waals surface area contributed by atoms with E-state index in [1.165, 1.54) is 11.4 Å². The summed E-state index contributed by atoms with van der Waals surface area (Å²) in [5, 5.41) is 7.88. The minimum Gasteiger partial charge on any atom is -0.211 e. The molecule has 0 aromatic heterocycles. The number of sulfonamides is 1. The van der Waals surface area contributed by atoms with Gasteiger partial charge < -0.3 is 0 Å². The molecule has 0 saturated carbocycles. The van der Waals surface area contributed by atoms with Crippen LogP contribution in [0.5, 0.6) is 0 Å². The van der Waals surface area contributed by atoms with Gasteiger partial charge in [-0.15, -0.1) is 0 Å². The van der Waals surface area contributed by atoms with Crippen LogP contribution >= 0.6 is 15.9 Å². The standard InChI is InChI=1S/C12H15BrN2O2S/c1-3-12(8-14)18(16,17)15(2)9-10-5-4-6-11(13)7-10/h4-7,12H,3,9H2,1-2H3. The molecule has 18 heavy (non-hydrogen) atoms. The summed E-state index contributed by atoms with van der Waals surface area (Å²) in [5.74, 6) is 0. The number of halogens is 1. The number of rotatable bonds is 5. The van der Waals surface area contributed by atoms with Crippen molar-refractivity contribution < 1.29 is 8.42 Å². The van der Waals surface area contributed by atoms with Crippen LogP contribution in [-0.2, 0) is 16.6 Å². The molecule has 1 aromatic carbocycles. The Balaban J connectivity index is 2.89. The predicted octanol–water partition coefficient (Wildman–Crippen LogP) is 2.51. The Hall–Kier alpha value is -0.900. The Kier molecular flexibility index (Phi) is 5.32. The normalized spacial score (nSPS) is 13.3. The lowest BCUT2D eigenvalue weighted by Gasteiger charge is -2.19. The Bertz CT molecular complexity index is 551. The molecule has 0 radical (unpaired) electrons. The van der Waals surface area contributed by atoms with E-state index in [9.17, 15) is 8.42 Å². The molecule has 1 aromatic rings. The molecule has 1 unspecified atom stereocenters. The van der Waals surface area contributed by atoms with E-state index >= 15 is 0 Å². The number of hydrogen-bond donors (Lipinski definition) is 0. The van der Waals surface area contributed by atoms with Crippen LogP contribution < -0.4 is 0 Å². The predicted molar refractivity (Wildman–Crippen MR) is 74.2 cm³/mol. The fourth-order valence-electron chi connectivity index (χ4n) is 1.57. The Morgan fingerprint density at radius 3 is 2.67 bits per heavy atom. The fraction of sp³-hybridized carbons (Fsp3) is 0.417. The molecular formula is C12H15BrN2O2S. The molecule has 0 bridgehead atoms. The number of benzene rings is 1. The molecule has 0 fully saturated rings. The first-order valence-electron chi connectivity index (χ1n) is 5.51. The molecule has 0 amide bonds. The van der Waals surface area contributed by atoms with Crippen LogP contribution in [0.3, 0.4) is 0 Å². The molecule has 6 heteroatoms. The summed E-state index contributed by atoms with van der Waals surface area (Å²) in [6, 6.07) is 9.27. The highest BCUT2D eigenvalue weighted by molar-refractivity contribution is 9.10. The van der Waals surface area contributed by atoms with E-state index < -0.39 is 15.3 Å². The van der Waals surface area contributed by atoms with Crippen molar-refractivity contribution in [2.24, 2.45) is 0 Å². The number of nitriles is 1. The quantitative estimate of drug-likeness (QED) is 0.833. The first-order valence-corrected chi connectivity index (χ1v) is 7.80. The van der Waals surface area contributed by atoms with Crippen LogP contribution in [0, 0.1) is 11.3 Å². The summed E-state index contributed by atoms with van der Waals surface area (Å²) >= 11 is 3.34. The van der Waals surface area contributed by atoms with Gasteiger partial charge in [0.15, 0.2) is 5.25 Å². The molecular weight excluding hydrogens is 316 g/mol. The van der Waals surface area contributed by atoms with Gasteiger partial charge in [-0.3, -0.25) is 0 Å². The van der Waals surface area contributed by atoms with Gasteiger partial charge in [0.05, 0.1) is 6.07 Å². The van der Waals surface area contributed by atoms with Crippen molar-refractivity contribution >= 4 is 26.0 Å². The molecule has 4 nitrogen and oxygen atoms in total. The third-order valence-electron chi connectivity index (χ3n) is 2.60. The summed E-state index contributed by atoms with van der Waals surface area (Å²) in [7, 11) is -2.06. The van der Waals surface area contributed by atoms with Gasteiger partial charge in [0.2, 0.25) is 10.0 Å². The van der Waals surface area contributed by atoms with E-state index in [4.69, 9.17) is 5.26 Å². The lowest BCUT2D eigenvalue weighted by Crippen LogP contribution is -2.34. The average Bonchev–Trinajstić information content (AvgIpc) is 2.30. The summed E-state index contributed by atoms with van der Waals surface area (Å²) in [6.45, 7) is 1.96. The molecule has 0 saturated heterocycles. The molecule has 0 N–H and O–H groups in total. The van der Waals surface area contributed by atoms with Crippen molar-refractivity contribution in [1.29, 1.82) is 5.26 Å². The molecule has 0 aliphatic carbocycles. The second-order valence-corrected chi connectivity index (χ2v) is 7.09. The molecule has 1 atom stereocenters. The van der Waals surface area contributed by atoms with Crippen LogP contribution in [-0.4, -0.2) is 25.0 Å². The van der Waals surface area contributed by atoms with Gasteiger partial charge in [-0.1, -0.05) is 35.0 Å². The van der Waals surface area contributed by atoms with Gasteiger partial charge in [0.1, 0.15) is 0 Å². The van der Waals surface area contributed by atoms with E-state index in [-0.39, 0.29) is 6.54 Å². The Morgan fingerprint density at radius 2 is 2.17 bits per heavy atom. The Labute approximate surface area is 116 Å². The van der Waals surface area contributed by atoms with Crippen molar-refractivity contribution in [1.82, 2.24) is 4.31 Å². The zero-order chi connectivity index (χ0) is 13.8. The maximum atomic E-state index is 12.1. The smallest absolute Gasteiger partial charge is 0.211 e. The molecule has 0 heterocycles. The van der Waals surface area contributed by atoms with Gasteiger partial charge in [-0.05, 0) is 24.1 Å². The van der Waals surface area contributed by atoms with Crippen molar-refractivity contribution in [3.05, 3.63) is 34.3 Å². The first-order chi connectivity index (χ1) is 8.41. The molecule has 0 aliphatic heterocycles. The van der Waals surface area contributed by atoms with Crippen LogP contribution in [0.25, 0.3) is 0 Å². The lowest BCUT2D eigenvalue weighted by atomic mass is 10.2. The van der Waals surface area contributed by atoms with Crippen molar-refractivity contribution in [2.45, 2.75) is 25.1 Å². The summed E-state index contributed by atoms with van der Waals surface area (Å²) in [6.07, 6.45) is 0.293. The summed E-state index contributed by atoms with van der Waals surface area (Å²) < 4.78 is 26.3. The van der Waals surface area contributed by atoms with Gasteiger partial charge in [-0.25, -0.2) is 8.42 Å². The highest BCUT2D eigenvalue weighted by Crippen LogP contribution is 2.16. The van der Waals surface area contributed by atoms with E-state index in [1.54, 1.807) is 6.92 Å². The zero-order valence-corrected chi connectivity index (χ0v) is 12.7. The van der Waals surface area contributed by atoms with E-state index in [2.05, 4.69) is 15.9 Å². The minimum atomic E-state index is -3.56. The van der Waals surface area contributed by atoms with E-state index in [0.29, 0.717) is 6.42 Å². The summed E-state index contributed by atoms with van der Waals surface area (Å²) in [5.41, 5.74) is 0.878. The SMILES string of the molecule is CCC(C#N)S(=O)(=O)N(C)Cc1cccc(Br)c1. The topological polar surface area (TPSA) is 61.2 Å². The second-order valence-electron chi connectivity index (χ2n) is 3.96. The highest BCUT2D eigenvalue weighted by atomic mass is 79.9. The van der Waals surface area contributed by atoms with Gasteiger partial charge in [0.25, 0.3) is 0 Å². The molecule has 98 valence electrons. The van der Waals surface area contributed by atoms with Crippen LogP contribution in [0.15, 0.2) is 28.7 Å². The van der Waals surface area contributed by atoms with Crippen molar-refractivity contribution in [2.75, 3.05) is 7.05 Å². The lowest BCUT2D eigenvalue weighted by molar-refractivity contribution is 0.460. The van der Waals surface area contributed by atoms with Gasteiger partial charge in [0, 0.05) is 18.1 Å². The maximum absolute atomic E-state index is 12.1. The molecule has 1 rings (SSSR count). The highest BCUT2D eigenvalue weighted by Gasteiger charge is 2.28. The molecule has 0 spiro atoms. The first kappa shape index (κ1) is 15.2. The van der Waals surface area contributed by atoms with Crippen LogP contribution in [0.1, 0.15) is 18.9 Å². The third-order valence-corrected chi connectivity index (χ3v) is 5.25. The zero-order valence-electron chi connectivity index (χ0n) is 10.3. The van der Waals surface area contributed by atoms with E-state index in [0.717, 1.165) is 10.0 Å². The van der Waals surface area contributed by atoms with Crippen LogP contribution in [0.2, 0.25) is 0 Å². The second kappa shape index (κ2) is 6.32. The molecule has 0 aliphatic rings. The van der Waals surface area contributed by atoms with Crippen molar-refractivity contribution in [3.63, 3.8) is 0 Å². The van der Waals surface area contributed by atoms with Crippen LogP contribution in [0.4, 0.5) is 0 Å². The fourth-order valence-corrected chi connectivity index (χ4v) is 3.33. The largest absolute Gasteiger partial charge is 0.230 e. The van der Waals surface area contributed by atoms with Gasteiger partial charge in [-0.2, -0.15) is 9.57 Å². The van der Waals surface area contributed by atoms with E-state index in [1.807, 2.05) is 30.3 Å². The number of nitrogens with zero attached hydrogens (tertiary/aromatic N) is 2. The maximum Gasteiger partial charge on any atom is 0.230 e. The Morgan fingerprint density at radius 1 is 1.50 bits per heavy atom.